The molecule has 7 heteroatoms. The van der Waals surface area contributed by atoms with E-state index in [0.717, 1.165) is 16.7 Å². The summed E-state index contributed by atoms with van der Waals surface area (Å²) in [5.41, 5.74) is 2.09. The first-order valence-corrected chi connectivity index (χ1v) is 9.32. The number of benzene rings is 1. The highest BCUT2D eigenvalue weighted by Crippen LogP contribution is 2.30. The fraction of sp³-hybridized carbons (Fsp3) is 0.526. The molecular weight excluding hydrogens is 352 g/mol. The van der Waals surface area contributed by atoms with Crippen molar-refractivity contribution in [1.29, 1.82) is 0 Å². The van der Waals surface area contributed by atoms with Gasteiger partial charge in [-0.25, -0.2) is 9.78 Å². The van der Waals surface area contributed by atoms with Gasteiger partial charge in [-0.2, -0.15) is 4.98 Å². The minimum Gasteiger partial charge on any atom is -0.450 e. The molecule has 3 rings (SSSR count). The molecule has 1 aliphatic rings. The second-order valence-electron chi connectivity index (χ2n) is 7.47. The number of rotatable bonds is 2. The van der Waals surface area contributed by atoms with E-state index in [1.165, 1.54) is 5.56 Å². The maximum atomic E-state index is 11.9. The number of ether oxygens (including phenoxy) is 1. The van der Waals surface area contributed by atoms with Crippen molar-refractivity contribution in [2.75, 3.05) is 37.7 Å². The molecule has 1 aromatic heterocycles. The molecule has 2 heterocycles. The van der Waals surface area contributed by atoms with E-state index >= 15 is 0 Å². The number of halogens is 1. The standard InChI is InChI=1S/C19H25ClN4O2/c1-5-26-18(25)24-10-8-23(9-11-24)16-14-7-6-13(19(2,3)4)12-15(14)21-17(20)22-16/h6-7,12H,5,8-11H2,1-4H3. The molecule has 0 aliphatic carbocycles. The summed E-state index contributed by atoms with van der Waals surface area (Å²) in [7, 11) is 0. The van der Waals surface area contributed by atoms with Crippen LogP contribution in [0.15, 0.2) is 18.2 Å². The second-order valence-corrected chi connectivity index (χ2v) is 7.81. The number of anilines is 1. The van der Waals surface area contributed by atoms with Crippen LogP contribution < -0.4 is 4.90 Å². The predicted molar refractivity (Wildman–Crippen MR) is 104 cm³/mol. The number of piperazine rings is 1. The second kappa shape index (κ2) is 7.27. The van der Waals surface area contributed by atoms with Crippen LogP contribution >= 0.6 is 11.6 Å². The number of amides is 1. The van der Waals surface area contributed by atoms with Gasteiger partial charge in [0.05, 0.1) is 12.1 Å². The molecule has 0 radical (unpaired) electrons. The minimum atomic E-state index is -0.257. The van der Waals surface area contributed by atoms with Crippen LogP contribution in [-0.4, -0.2) is 53.7 Å². The van der Waals surface area contributed by atoms with Gasteiger partial charge in [0.15, 0.2) is 0 Å². The molecule has 0 unspecified atom stereocenters. The van der Waals surface area contributed by atoms with Crippen LogP contribution in [0.3, 0.4) is 0 Å². The summed E-state index contributed by atoms with van der Waals surface area (Å²) in [5.74, 6) is 0.823. The Labute approximate surface area is 159 Å². The van der Waals surface area contributed by atoms with Gasteiger partial charge in [0.2, 0.25) is 5.28 Å². The maximum Gasteiger partial charge on any atom is 0.409 e. The van der Waals surface area contributed by atoms with Crippen molar-refractivity contribution < 1.29 is 9.53 Å². The van der Waals surface area contributed by atoms with E-state index in [0.29, 0.717) is 32.8 Å². The molecule has 0 atom stereocenters. The lowest BCUT2D eigenvalue weighted by molar-refractivity contribution is 0.105. The van der Waals surface area contributed by atoms with Crippen molar-refractivity contribution in [3.8, 4) is 0 Å². The fourth-order valence-corrected chi connectivity index (χ4v) is 3.28. The zero-order chi connectivity index (χ0) is 18.9. The SMILES string of the molecule is CCOC(=O)N1CCN(c2nc(Cl)nc3cc(C(C)(C)C)ccc23)CC1. The summed E-state index contributed by atoms with van der Waals surface area (Å²) < 4.78 is 5.08. The topological polar surface area (TPSA) is 58.6 Å². The average molecular weight is 377 g/mol. The third kappa shape index (κ3) is 3.85. The third-order valence-electron chi connectivity index (χ3n) is 4.62. The fourth-order valence-electron chi connectivity index (χ4n) is 3.11. The van der Waals surface area contributed by atoms with Crippen LogP contribution in [0.5, 0.6) is 0 Å². The molecule has 2 aromatic rings. The highest BCUT2D eigenvalue weighted by atomic mass is 35.5. The van der Waals surface area contributed by atoms with Gasteiger partial charge in [-0.1, -0.05) is 26.8 Å². The van der Waals surface area contributed by atoms with Crippen LogP contribution in [0.4, 0.5) is 10.6 Å². The molecule has 0 spiro atoms. The highest BCUT2D eigenvalue weighted by Gasteiger charge is 2.25. The lowest BCUT2D eigenvalue weighted by Gasteiger charge is -2.35. The Morgan fingerprint density at radius 3 is 2.50 bits per heavy atom. The Bertz CT molecular complexity index is 811. The molecule has 26 heavy (non-hydrogen) atoms. The van der Waals surface area contributed by atoms with Gasteiger partial charge in [-0.3, -0.25) is 0 Å². The smallest absolute Gasteiger partial charge is 0.409 e. The van der Waals surface area contributed by atoms with Crippen LogP contribution in [0.25, 0.3) is 10.9 Å². The van der Waals surface area contributed by atoms with Crippen LogP contribution in [0, 0.1) is 0 Å². The molecule has 6 nitrogen and oxygen atoms in total. The Kier molecular flexibility index (Phi) is 5.23. The Morgan fingerprint density at radius 2 is 1.88 bits per heavy atom. The minimum absolute atomic E-state index is 0.0387. The Morgan fingerprint density at radius 1 is 1.19 bits per heavy atom. The molecule has 1 amide bonds. The molecule has 1 aliphatic heterocycles. The van der Waals surface area contributed by atoms with Gasteiger partial charge in [0.25, 0.3) is 0 Å². The number of carbonyl (C=O) groups excluding carboxylic acids is 1. The van der Waals surface area contributed by atoms with Crippen molar-refractivity contribution >= 4 is 34.4 Å². The van der Waals surface area contributed by atoms with Gasteiger partial charge in [0, 0.05) is 31.6 Å². The van der Waals surface area contributed by atoms with Gasteiger partial charge in [-0.15, -0.1) is 0 Å². The lowest BCUT2D eigenvalue weighted by atomic mass is 9.86. The normalized spacial score (nSPS) is 15.4. The Hall–Kier alpha value is -2.08. The average Bonchev–Trinajstić information content (AvgIpc) is 2.60. The van der Waals surface area contributed by atoms with Crippen molar-refractivity contribution in [2.24, 2.45) is 0 Å². The number of hydrogen-bond donors (Lipinski definition) is 0. The number of carbonyl (C=O) groups is 1. The van der Waals surface area contributed by atoms with Crippen LogP contribution in [-0.2, 0) is 10.2 Å². The monoisotopic (exact) mass is 376 g/mol. The largest absolute Gasteiger partial charge is 0.450 e. The Balaban J connectivity index is 1.88. The zero-order valence-corrected chi connectivity index (χ0v) is 16.5. The van der Waals surface area contributed by atoms with Gasteiger partial charge in [-0.05, 0) is 41.6 Å². The lowest BCUT2D eigenvalue weighted by Crippen LogP contribution is -2.49. The summed E-state index contributed by atoms with van der Waals surface area (Å²) in [6.45, 7) is 11.3. The predicted octanol–water partition coefficient (Wildman–Crippen LogP) is 3.86. The van der Waals surface area contributed by atoms with Crippen molar-refractivity contribution in [3.05, 3.63) is 29.0 Å². The van der Waals surface area contributed by atoms with Gasteiger partial charge < -0.3 is 14.5 Å². The first-order chi connectivity index (χ1) is 12.3. The maximum absolute atomic E-state index is 11.9. The van der Waals surface area contributed by atoms with E-state index < -0.39 is 0 Å². The zero-order valence-electron chi connectivity index (χ0n) is 15.8. The highest BCUT2D eigenvalue weighted by molar-refractivity contribution is 6.28. The number of aromatic nitrogens is 2. The first kappa shape index (κ1) is 18.7. The molecule has 0 saturated carbocycles. The van der Waals surface area contributed by atoms with E-state index in [1.807, 2.05) is 6.92 Å². The molecule has 1 aromatic carbocycles. The summed E-state index contributed by atoms with van der Waals surface area (Å²) in [4.78, 5) is 24.6. The van der Waals surface area contributed by atoms with Crippen molar-refractivity contribution in [3.63, 3.8) is 0 Å². The van der Waals surface area contributed by atoms with Crippen LogP contribution in [0.1, 0.15) is 33.3 Å². The first-order valence-electron chi connectivity index (χ1n) is 8.94. The molecule has 0 N–H and O–H groups in total. The van der Waals surface area contributed by atoms with Gasteiger partial charge in [0.1, 0.15) is 5.82 Å². The molecule has 0 bridgehead atoms. The molecular formula is C19H25ClN4O2. The molecule has 1 saturated heterocycles. The molecule has 1 fully saturated rings. The number of fused-ring (bicyclic) bond motifs is 1. The van der Waals surface area contributed by atoms with Gasteiger partial charge >= 0.3 is 6.09 Å². The van der Waals surface area contributed by atoms with E-state index in [9.17, 15) is 4.79 Å². The van der Waals surface area contributed by atoms with E-state index in [-0.39, 0.29) is 16.8 Å². The summed E-state index contributed by atoms with van der Waals surface area (Å²) in [5, 5.41) is 1.22. The summed E-state index contributed by atoms with van der Waals surface area (Å²) in [6, 6.07) is 6.28. The van der Waals surface area contributed by atoms with Crippen LogP contribution in [0.2, 0.25) is 5.28 Å². The third-order valence-corrected chi connectivity index (χ3v) is 4.79. The quantitative estimate of drug-likeness (QED) is 0.745. The number of hydrogen-bond acceptors (Lipinski definition) is 5. The van der Waals surface area contributed by atoms with E-state index in [4.69, 9.17) is 16.3 Å². The summed E-state index contributed by atoms with van der Waals surface area (Å²) in [6.07, 6.45) is -0.257. The summed E-state index contributed by atoms with van der Waals surface area (Å²) >= 11 is 6.20. The van der Waals surface area contributed by atoms with E-state index in [2.05, 4.69) is 53.8 Å². The van der Waals surface area contributed by atoms with Crippen molar-refractivity contribution in [1.82, 2.24) is 14.9 Å². The van der Waals surface area contributed by atoms with E-state index in [1.54, 1.807) is 4.90 Å². The molecule has 140 valence electrons. The van der Waals surface area contributed by atoms with Crippen molar-refractivity contribution in [2.45, 2.75) is 33.1 Å². The number of nitrogens with zero attached hydrogens (tertiary/aromatic N) is 4.